The Morgan fingerprint density at radius 3 is 2.61 bits per heavy atom. The number of rotatable bonds is 3. The van der Waals surface area contributed by atoms with Crippen molar-refractivity contribution in [3.05, 3.63) is 71.2 Å². The third-order valence-electron chi connectivity index (χ3n) is 5.05. The zero-order valence-electron chi connectivity index (χ0n) is 16.8. The molecule has 1 aliphatic rings. The summed E-state index contributed by atoms with van der Waals surface area (Å²) in [4.78, 5) is 22.5. The fourth-order valence-electron chi connectivity index (χ4n) is 3.51. The molecule has 160 valence electrons. The lowest BCUT2D eigenvalue weighted by Gasteiger charge is -2.21. The molecule has 1 aromatic carbocycles. The molecule has 0 saturated carbocycles. The molecule has 2 amide bonds. The lowest BCUT2D eigenvalue weighted by molar-refractivity contribution is -0.138. The molecule has 1 aliphatic heterocycles. The topological polar surface area (TPSA) is 67.4 Å². The first-order valence-corrected chi connectivity index (χ1v) is 9.58. The van der Waals surface area contributed by atoms with Gasteiger partial charge in [-0.25, -0.2) is 9.78 Å². The van der Waals surface area contributed by atoms with Crippen molar-refractivity contribution in [2.24, 2.45) is 0 Å². The first-order valence-electron chi connectivity index (χ1n) is 9.58. The van der Waals surface area contributed by atoms with Crippen LogP contribution in [-0.4, -0.2) is 22.5 Å². The zero-order valence-corrected chi connectivity index (χ0v) is 16.8. The van der Waals surface area contributed by atoms with Crippen LogP contribution in [0.3, 0.4) is 0 Å². The van der Waals surface area contributed by atoms with Gasteiger partial charge in [-0.1, -0.05) is 6.07 Å². The summed E-state index contributed by atoms with van der Waals surface area (Å²) in [6.07, 6.45) is -0.867. The fourth-order valence-corrected chi connectivity index (χ4v) is 3.51. The summed E-state index contributed by atoms with van der Waals surface area (Å²) < 4.78 is 45.8. The smallest absolute Gasteiger partial charge is 0.416 e. The fraction of sp³-hybridized carbons (Fsp3) is 0.227. The number of alkyl halides is 3. The first kappa shape index (κ1) is 20.6. The third kappa shape index (κ3) is 4.16. The molecule has 0 fully saturated rings. The molecule has 2 aromatic heterocycles. The molecule has 0 bridgehead atoms. The number of nitrogens with one attached hydrogen (secondary N) is 1. The van der Waals surface area contributed by atoms with Gasteiger partial charge in [-0.05, 0) is 61.7 Å². The first-order chi connectivity index (χ1) is 14.7. The van der Waals surface area contributed by atoms with E-state index >= 15 is 0 Å². The molecule has 1 N–H and O–H groups in total. The average molecular weight is 428 g/mol. The van der Waals surface area contributed by atoms with Crippen LogP contribution in [-0.2, 0) is 12.6 Å². The van der Waals surface area contributed by atoms with Crippen molar-refractivity contribution in [3.8, 4) is 11.6 Å². The van der Waals surface area contributed by atoms with Crippen LogP contribution in [0.5, 0.6) is 11.6 Å². The highest BCUT2D eigenvalue weighted by Crippen LogP contribution is 2.39. The molecular formula is C22H19F3N4O2. The van der Waals surface area contributed by atoms with E-state index in [0.717, 1.165) is 6.07 Å². The Morgan fingerprint density at radius 1 is 1.13 bits per heavy atom. The van der Waals surface area contributed by atoms with Crippen LogP contribution >= 0.6 is 0 Å². The maximum Gasteiger partial charge on any atom is 0.416 e. The van der Waals surface area contributed by atoms with Gasteiger partial charge >= 0.3 is 12.2 Å². The number of fused-ring (bicyclic) bond motifs is 1. The van der Waals surface area contributed by atoms with Crippen LogP contribution < -0.4 is 15.0 Å². The number of pyridine rings is 2. The second-order valence-corrected chi connectivity index (χ2v) is 7.17. The second kappa shape index (κ2) is 7.90. The molecule has 31 heavy (non-hydrogen) atoms. The van der Waals surface area contributed by atoms with Crippen LogP contribution in [0.15, 0.2) is 48.8 Å². The molecule has 0 saturated heterocycles. The minimum Gasteiger partial charge on any atom is -0.435 e. The number of hydrogen-bond acceptors (Lipinski definition) is 4. The highest BCUT2D eigenvalue weighted by atomic mass is 19.4. The highest BCUT2D eigenvalue weighted by Gasteiger charge is 2.36. The average Bonchev–Trinajstić information content (AvgIpc) is 3.12. The van der Waals surface area contributed by atoms with E-state index in [1.165, 1.54) is 24.1 Å². The predicted molar refractivity (Wildman–Crippen MR) is 110 cm³/mol. The van der Waals surface area contributed by atoms with E-state index in [1.807, 2.05) is 0 Å². The molecular weight excluding hydrogens is 409 g/mol. The van der Waals surface area contributed by atoms with Crippen molar-refractivity contribution < 1.29 is 22.7 Å². The normalized spacial score (nSPS) is 13.1. The largest absolute Gasteiger partial charge is 0.435 e. The van der Waals surface area contributed by atoms with Crippen LogP contribution in [0.1, 0.15) is 22.4 Å². The van der Waals surface area contributed by atoms with Gasteiger partial charge in [-0.15, -0.1) is 0 Å². The van der Waals surface area contributed by atoms with Crippen molar-refractivity contribution >= 4 is 17.4 Å². The molecule has 9 heteroatoms. The number of halogens is 3. The Hall–Kier alpha value is -3.62. The van der Waals surface area contributed by atoms with Gasteiger partial charge in [-0.3, -0.25) is 9.88 Å². The standard InChI is InChI=1S/C22H19F3N4O2/c1-13-11-15-7-10-29(18(15)12-16(13)22(23,24)25)21(30)28-17-5-3-9-27-20(17)31-19-6-4-8-26-14(19)2/h3-6,8-9,11-12H,7,10H2,1-2H3,(H,28,30). The van der Waals surface area contributed by atoms with E-state index in [2.05, 4.69) is 15.3 Å². The maximum atomic E-state index is 13.3. The Balaban J connectivity index is 1.60. The Labute approximate surface area is 176 Å². The molecule has 4 rings (SSSR count). The number of amides is 2. The number of benzene rings is 1. The molecule has 0 radical (unpaired) electrons. The minimum atomic E-state index is -4.49. The minimum absolute atomic E-state index is 0.142. The Kier molecular flexibility index (Phi) is 5.26. The van der Waals surface area contributed by atoms with Crippen LogP contribution in [0.4, 0.5) is 29.3 Å². The summed E-state index contributed by atoms with van der Waals surface area (Å²) in [5.41, 5.74) is 1.30. The van der Waals surface area contributed by atoms with Gasteiger partial charge in [0.05, 0.1) is 11.3 Å². The lowest BCUT2D eigenvalue weighted by atomic mass is 10.0. The summed E-state index contributed by atoms with van der Waals surface area (Å²) in [7, 11) is 0. The number of ether oxygens (including phenoxy) is 1. The molecule has 3 heterocycles. The highest BCUT2D eigenvalue weighted by molar-refractivity contribution is 6.03. The van der Waals surface area contributed by atoms with Gasteiger partial charge in [0, 0.05) is 24.6 Å². The molecule has 0 aliphatic carbocycles. The predicted octanol–water partition coefficient (Wildman–Crippen LogP) is 5.50. The number of hydrogen-bond donors (Lipinski definition) is 1. The monoisotopic (exact) mass is 428 g/mol. The van der Waals surface area contributed by atoms with Crippen molar-refractivity contribution in [1.29, 1.82) is 0 Å². The molecule has 3 aromatic rings. The van der Waals surface area contributed by atoms with Gasteiger partial charge in [0.15, 0.2) is 5.75 Å². The summed E-state index contributed by atoms with van der Waals surface area (Å²) >= 11 is 0. The number of urea groups is 1. The van der Waals surface area contributed by atoms with Crippen LogP contribution in [0.2, 0.25) is 0 Å². The van der Waals surface area contributed by atoms with Gasteiger partial charge in [0.1, 0.15) is 5.69 Å². The van der Waals surface area contributed by atoms with Crippen molar-refractivity contribution in [2.75, 3.05) is 16.8 Å². The van der Waals surface area contributed by atoms with Crippen LogP contribution in [0.25, 0.3) is 0 Å². The number of aryl methyl sites for hydroxylation is 2. The van der Waals surface area contributed by atoms with Crippen LogP contribution in [0, 0.1) is 13.8 Å². The molecule has 6 nitrogen and oxygen atoms in total. The van der Waals surface area contributed by atoms with Crippen molar-refractivity contribution in [1.82, 2.24) is 9.97 Å². The summed E-state index contributed by atoms with van der Waals surface area (Å²) in [6, 6.07) is 8.65. The SMILES string of the molecule is Cc1cc2c(cc1C(F)(F)F)N(C(=O)Nc1cccnc1Oc1cccnc1C)CC2. The van der Waals surface area contributed by atoms with E-state index in [1.54, 1.807) is 37.4 Å². The molecule has 0 atom stereocenters. The van der Waals surface area contributed by atoms with E-state index in [-0.39, 0.29) is 23.7 Å². The summed E-state index contributed by atoms with van der Waals surface area (Å²) in [5.74, 6) is 0.639. The van der Waals surface area contributed by atoms with E-state index in [4.69, 9.17) is 4.74 Å². The Morgan fingerprint density at radius 2 is 1.87 bits per heavy atom. The van der Waals surface area contributed by atoms with Gasteiger partial charge in [-0.2, -0.15) is 13.2 Å². The maximum absolute atomic E-state index is 13.3. The number of carbonyl (C=O) groups excluding carboxylic acids is 1. The lowest BCUT2D eigenvalue weighted by Crippen LogP contribution is -2.33. The third-order valence-corrected chi connectivity index (χ3v) is 5.05. The molecule has 0 spiro atoms. The number of nitrogens with zero attached hydrogens (tertiary/aromatic N) is 3. The van der Waals surface area contributed by atoms with Crippen molar-refractivity contribution in [3.63, 3.8) is 0 Å². The van der Waals surface area contributed by atoms with Gasteiger partial charge in [0.2, 0.25) is 5.88 Å². The zero-order chi connectivity index (χ0) is 22.2. The quantitative estimate of drug-likeness (QED) is 0.598. The van der Waals surface area contributed by atoms with Gasteiger partial charge < -0.3 is 10.1 Å². The van der Waals surface area contributed by atoms with E-state index < -0.39 is 17.8 Å². The van der Waals surface area contributed by atoms with E-state index in [0.29, 0.717) is 29.1 Å². The Bertz CT molecular complexity index is 1150. The number of carbonyl (C=O) groups is 1. The summed E-state index contributed by atoms with van der Waals surface area (Å²) in [6.45, 7) is 3.48. The summed E-state index contributed by atoms with van der Waals surface area (Å²) in [5, 5.41) is 2.70. The second-order valence-electron chi connectivity index (χ2n) is 7.17. The molecule has 0 unspecified atom stereocenters. The van der Waals surface area contributed by atoms with Gasteiger partial charge in [0.25, 0.3) is 0 Å². The van der Waals surface area contributed by atoms with E-state index in [9.17, 15) is 18.0 Å². The number of aromatic nitrogens is 2. The van der Waals surface area contributed by atoms with Crippen molar-refractivity contribution in [2.45, 2.75) is 26.4 Å². The number of anilines is 2.